The number of hydrogen-bond acceptors (Lipinski definition) is 12. The fraction of sp³-hybridized carbons (Fsp3) is 0.438. The largest absolute Gasteiger partial charge is 0.488 e. The summed E-state index contributed by atoms with van der Waals surface area (Å²) in [5, 5.41) is 12.6. The van der Waals surface area contributed by atoms with Gasteiger partial charge in [-0.15, -0.1) is 4.33 Å². The minimum atomic E-state index is -4.62. The van der Waals surface area contributed by atoms with Crippen LogP contribution < -0.4 is 9.64 Å². The average Bonchev–Trinajstić information content (AvgIpc) is 3.61. The molecule has 0 spiro atoms. The smallest absolute Gasteiger partial charge is 0.294 e. The first kappa shape index (κ1) is 55.0. The molecule has 0 bridgehead atoms. The number of rotatable bonds is 22. The molecule has 3 aromatic rings. The lowest BCUT2D eigenvalue weighted by Crippen LogP contribution is -2.28. The van der Waals surface area contributed by atoms with Gasteiger partial charge in [-0.05, 0) is 117 Å². The number of anilines is 1. The van der Waals surface area contributed by atoms with Gasteiger partial charge in [0.25, 0.3) is 30.4 Å². The lowest BCUT2D eigenvalue weighted by molar-refractivity contribution is -0.438. The number of unbranched alkanes of at least 4 members (excludes halogenated alkanes) is 3. The molecule has 0 fully saturated rings. The highest BCUT2D eigenvalue weighted by atomic mass is 32.2. The summed E-state index contributed by atoms with van der Waals surface area (Å²) in [6.07, 6.45) is 10.2. The second-order valence-corrected chi connectivity index (χ2v) is 23.7. The van der Waals surface area contributed by atoms with Crippen molar-refractivity contribution in [1.29, 1.82) is 0 Å². The summed E-state index contributed by atoms with van der Waals surface area (Å²) in [6, 6.07) is 10.1. The highest BCUT2D eigenvalue weighted by Crippen LogP contribution is 2.50. The Balaban J connectivity index is 1.55. The summed E-state index contributed by atoms with van der Waals surface area (Å²) < 4.78 is 161. The molecule has 0 unspecified atom stereocenters. The SMILES string of the molecule is CCCCOc1c(F)cc(F)c(C2=C(C=CC3=[N+](CCCCS(=O)(=O)O)c4ccc(SOOO)cc4C3(C)C)CCCC2=CC=C2N(CCCCS(=O)(=O)O)c3ccc(S(=O)(=O)O)cc3C2(C)C)c1F. The average molecular weight is 1060 g/mol. The molecule has 70 heavy (non-hydrogen) atoms. The van der Waals surface area contributed by atoms with Gasteiger partial charge in [0, 0.05) is 58.4 Å². The van der Waals surface area contributed by atoms with Crippen LogP contribution in [0.5, 0.6) is 5.75 Å². The summed E-state index contributed by atoms with van der Waals surface area (Å²) in [5.74, 6) is -5.29. The molecule has 15 nitrogen and oxygen atoms in total. The van der Waals surface area contributed by atoms with Crippen LogP contribution in [0.2, 0.25) is 0 Å². The van der Waals surface area contributed by atoms with Crippen molar-refractivity contribution in [2.24, 2.45) is 0 Å². The fourth-order valence-corrected chi connectivity index (χ4v) is 11.4. The lowest BCUT2D eigenvalue weighted by atomic mass is 9.79. The molecule has 0 radical (unpaired) electrons. The molecule has 1 aliphatic carbocycles. The van der Waals surface area contributed by atoms with Crippen molar-refractivity contribution in [3.63, 3.8) is 0 Å². The van der Waals surface area contributed by atoms with Crippen LogP contribution in [0.4, 0.5) is 24.5 Å². The van der Waals surface area contributed by atoms with Crippen molar-refractivity contribution in [1.82, 2.24) is 0 Å². The molecule has 2 heterocycles. The Hall–Kier alpha value is -4.36. The van der Waals surface area contributed by atoms with E-state index in [0.29, 0.717) is 84.1 Å². The molecule has 0 saturated carbocycles. The van der Waals surface area contributed by atoms with Gasteiger partial charge >= 0.3 is 0 Å². The number of hydrogen-bond donors (Lipinski definition) is 4. The molecule has 4 N–H and O–H groups in total. The van der Waals surface area contributed by atoms with Crippen LogP contribution in [0.3, 0.4) is 0 Å². The second-order valence-electron chi connectivity index (χ2n) is 18.4. The number of allylic oxidation sites excluding steroid dienone is 8. The third-order valence-electron chi connectivity index (χ3n) is 12.8. The molecule has 382 valence electrons. The van der Waals surface area contributed by atoms with E-state index < -0.39 is 81.5 Å². The number of halogens is 3. The number of nitrogens with zero attached hydrogens (tertiary/aromatic N) is 2. The van der Waals surface area contributed by atoms with Crippen LogP contribution in [0, 0.1) is 17.5 Å². The molecule has 0 saturated heterocycles. The Morgan fingerprint density at radius 3 is 2.16 bits per heavy atom. The topological polar surface area (TPSA) is 217 Å². The van der Waals surface area contributed by atoms with E-state index in [9.17, 15) is 38.9 Å². The first-order valence-corrected chi connectivity index (χ1v) is 28.1. The maximum absolute atomic E-state index is 17.0. The Bertz CT molecular complexity index is 3000. The van der Waals surface area contributed by atoms with Crippen molar-refractivity contribution >= 4 is 65.1 Å². The molecule has 6 rings (SSSR count). The van der Waals surface area contributed by atoms with E-state index in [4.69, 9.17) is 9.99 Å². The molecular formula is C48H58F3N2O13S4+. The molecule has 22 heteroatoms. The van der Waals surface area contributed by atoms with Gasteiger partial charge in [-0.25, -0.2) is 18.4 Å². The van der Waals surface area contributed by atoms with Crippen molar-refractivity contribution in [3.05, 3.63) is 118 Å². The Morgan fingerprint density at radius 2 is 1.50 bits per heavy atom. The Labute approximate surface area is 411 Å². The fourth-order valence-electron chi connectivity index (χ4n) is 9.36. The van der Waals surface area contributed by atoms with Crippen molar-refractivity contribution in [3.8, 4) is 5.75 Å². The first-order valence-electron chi connectivity index (χ1n) is 22.7. The minimum absolute atomic E-state index is 0.0293. The third-order valence-corrected chi connectivity index (χ3v) is 15.8. The standard InChI is InChI=1S/C48H57F3N2O13S4/c1-6-7-25-64-46-38(50)30-37(49)44(45(46)51)43-31(15-21-41-47(2,3)35-28-33(67-66-65-54)17-19-39(35)52(41)23-8-10-26-68(55,56)57)13-12-14-32(43)16-22-42-48(4,5)36-29-34(70(61,62)63)18-20-40(36)53(42)24-9-11-27-69(58,59)60/h15-22,28-30H,6-14,23-27H2,1-5H3,(H3-,54,55,56,57,58,59,60,61,62,63)/p+1. The zero-order valence-corrected chi connectivity index (χ0v) is 42.6. The zero-order valence-electron chi connectivity index (χ0n) is 39.4. The van der Waals surface area contributed by atoms with Crippen LogP contribution in [-0.2, 0) is 50.6 Å². The maximum Gasteiger partial charge on any atom is 0.294 e. The van der Waals surface area contributed by atoms with E-state index in [2.05, 4.69) is 9.37 Å². The van der Waals surface area contributed by atoms with E-state index in [1.54, 1.807) is 24.3 Å². The maximum atomic E-state index is 17.0. The van der Waals surface area contributed by atoms with Gasteiger partial charge in [-0.3, -0.25) is 13.7 Å². The molecule has 3 aromatic carbocycles. The van der Waals surface area contributed by atoms with Gasteiger partial charge in [0.2, 0.25) is 5.69 Å². The van der Waals surface area contributed by atoms with Crippen molar-refractivity contribution in [2.45, 2.75) is 113 Å². The van der Waals surface area contributed by atoms with E-state index in [0.717, 1.165) is 29.0 Å². The second kappa shape index (κ2) is 22.2. The highest BCUT2D eigenvalue weighted by molar-refractivity contribution is 7.94. The van der Waals surface area contributed by atoms with Crippen molar-refractivity contribution < 1.29 is 76.0 Å². The predicted molar refractivity (Wildman–Crippen MR) is 261 cm³/mol. The highest BCUT2D eigenvalue weighted by Gasteiger charge is 2.45. The van der Waals surface area contributed by atoms with Crippen LogP contribution in [-0.4, -0.2) is 85.7 Å². The third kappa shape index (κ3) is 12.6. The summed E-state index contributed by atoms with van der Waals surface area (Å²) in [4.78, 5) is 2.11. The van der Waals surface area contributed by atoms with E-state index in [1.165, 1.54) is 18.2 Å². The Kier molecular flexibility index (Phi) is 17.4. The summed E-state index contributed by atoms with van der Waals surface area (Å²) in [7, 11) is -13.1. The van der Waals surface area contributed by atoms with E-state index in [-0.39, 0.29) is 42.9 Å². The molecule has 3 aliphatic rings. The molecule has 2 aliphatic heterocycles. The summed E-state index contributed by atoms with van der Waals surface area (Å²) in [5.41, 5.74) is 2.89. The first-order chi connectivity index (χ1) is 32.8. The molecule has 0 aromatic heterocycles. The monoisotopic (exact) mass is 1060 g/mol. The van der Waals surface area contributed by atoms with Gasteiger partial charge in [0.15, 0.2) is 23.1 Å². The molecule has 0 amide bonds. The quantitative estimate of drug-likeness (QED) is 0.0184. The van der Waals surface area contributed by atoms with Gasteiger partial charge in [0.05, 0.1) is 46.0 Å². The predicted octanol–water partition coefficient (Wildman–Crippen LogP) is 10.5. The zero-order chi connectivity index (χ0) is 51.4. The minimum Gasteiger partial charge on any atom is -0.488 e. The number of fused-ring (bicyclic) bond motifs is 2. The van der Waals surface area contributed by atoms with Gasteiger partial charge in [0.1, 0.15) is 12.4 Å². The normalized spacial score (nSPS) is 18.2. The van der Waals surface area contributed by atoms with E-state index >= 15 is 13.2 Å². The van der Waals surface area contributed by atoms with Crippen LogP contribution in [0.25, 0.3) is 5.57 Å². The number of benzene rings is 3. The summed E-state index contributed by atoms with van der Waals surface area (Å²) >= 11 is 0.769. The van der Waals surface area contributed by atoms with Crippen molar-refractivity contribution in [2.75, 3.05) is 36.1 Å². The van der Waals surface area contributed by atoms with Crippen LogP contribution in [0.15, 0.2) is 93.4 Å². The van der Waals surface area contributed by atoms with Crippen LogP contribution >= 0.6 is 12.0 Å². The molecule has 0 atom stereocenters. The lowest BCUT2D eigenvalue weighted by Gasteiger charge is -2.28. The van der Waals surface area contributed by atoms with Gasteiger partial charge in [-0.1, -0.05) is 44.4 Å². The van der Waals surface area contributed by atoms with E-state index in [1.807, 2.05) is 62.3 Å². The molecular weight excluding hydrogens is 998 g/mol. The summed E-state index contributed by atoms with van der Waals surface area (Å²) in [6.45, 7) is 9.96. The van der Waals surface area contributed by atoms with Crippen LogP contribution in [0.1, 0.15) is 109 Å². The van der Waals surface area contributed by atoms with Gasteiger partial charge in [-0.2, -0.15) is 29.8 Å². The number of ether oxygens (including phenoxy) is 1. The Morgan fingerprint density at radius 1 is 0.800 bits per heavy atom. The van der Waals surface area contributed by atoms with Gasteiger partial charge < -0.3 is 9.64 Å².